The zero-order valence-corrected chi connectivity index (χ0v) is 16.0. The van der Waals surface area contributed by atoms with E-state index in [2.05, 4.69) is 43.1 Å². The van der Waals surface area contributed by atoms with E-state index >= 15 is 0 Å². The van der Waals surface area contributed by atoms with E-state index in [-0.39, 0.29) is 11.3 Å². The quantitative estimate of drug-likeness (QED) is 0.823. The molecule has 0 unspecified atom stereocenters. The average Bonchev–Trinajstić information content (AvgIpc) is 2.60. The van der Waals surface area contributed by atoms with E-state index in [4.69, 9.17) is 9.47 Å². The third-order valence-corrected chi connectivity index (χ3v) is 4.49. The van der Waals surface area contributed by atoms with Gasteiger partial charge in [0.25, 0.3) is 5.91 Å². The standard InChI is InChI=1S/C20H32N2O3/c1-5-18(19(23)21-10-11-22-12-14-24-15-13-22)25-17-8-6-16(7-9-17)20(2,3)4/h6-9,18H,5,10-15H2,1-4H3,(H,21,23)/t18-/m1/s1. The topological polar surface area (TPSA) is 50.8 Å². The molecule has 0 aliphatic carbocycles. The summed E-state index contributed by atoms with van der Waals surface area (Å²) in [6.45, 7) is 13.4. The highest BCUT2D eigenvalue weighted by atomic mass is 16.5. The maximum absolute atomic E-state index is 12.4. The van der Waals surface area contributed by atoms with Gasteiger partial charge >= 0.3 is 0 Å². The van der Waals surface area contributed by atoms with E-state index in [1.165, 1.54) is 5.56 Å². The molecule has 0 radical (unpaired) electrons. The normalized spacial score (nSPS) is 17.1. The van der Waals surface area contributed by atoms with E-state index in [9.17, 15) is 4.79 Å². The Labute approximate surface area is 151 Å². The van der Waals surface area contributed by atoms with Crippen molar-refractivity contribution in [3.8, 4) is 5.75 Å². The molecule has 1 heterocycles. The van der Waals surface area contributed by atoms with Crippen molar-refractivity contribution in [2.24, 2.45) is 0 Å². The number of nitrogens with zero attached hydrogens (tertiary/aromatic N) is 1. The predicted molar refractivity (Wildman–Crippen MR) is 100 cm³/mol. The number of carbonyl (C=O) groups is 1. The summed E-state index contributed by atoms with van der Waals surface area (Å²) in [4.78, 5) is 14.7. The van der Waals surface area contributed by atoms with Crippen molar-refractivity contribution in [1.29, 1.82) is 0 Å². The van der Waals surface area contributed by atoms with Gasteiger partial charge in [0.1, 0.15) is 5.75 Å². The molecule has 1 aliphatic heterocycles. The number of rotatable bonds is 7. The van der Waals surface area contributed by atoms with Crippen LogP contribution in [-0.2, 0) is 14.9 Å². The summed E-state index contributed by atoms with van der Waals surface area (Å²) in [5.41, 5.74) is 1.36. The van der Waals surface area contributed by atoms with E-state index in [0.717, 1.165) is 38.6 Å². The van der Waals surface area contributed by atoms with Gasteiger partial charge in [0.2, 0.25) is 0 Å². The number of amides is 1. The number of carbonyl (C=O) groups excluding carboxylic acids is 1. The molecule has 0 bridgehead atoms. The summed E-state index contributed by atoms with van der Waals surface area (Å²) in [7, 11) is 0. The Morgan fingerprint density at radius 3 is 2.44 bits per heavy atom. The van der Waals surface area contributed by atoms with Crippen LogP contribution >= 0.6 is 0 Å². The number of nitrogens with one attached hydrogen (secondary N) is 1. The van der Waals surface area contributed by atoms with Crippen LogP contribution in [0.25, 0.3) is 0 Å². The average molecular weight is 348 g/mol. The van der Waals surface area contributed by atoms with Crippen LogP contribution < -0.4 is 10.1 Å². The Morgan fingerprint density at radius 1 is 1.24 bits per heavy atom. The lowest BCUT2D eigenvalue weighted by atomic mass is 9.87. The molecule has 25 heavy (non-hydrogen) atoms. The van der Waals surface area contributed by atoms with Crippen molar-refractivity contribution >= 4 is 5.91 Å². The summed E-state index contributed by atoms with van der Waals surface area (Å²) < 4.78 is 11.2. The molecule has 5 nitrogen and oxygen atoms in total. The second-order valence-electron chi connectivity index (χ2n) is 7.53. The number of hydrogen-bond donors (Lipinski definition) is 1. The van der Waals surface area contributed by atoms with Gasteiger partial charge in [-0.05, 0) is 29.5 Å². The molecule has 1 atom stereocenters. The molecule has 0 saturated carbocycles. The summed E-state index contributed by atoms with van der Waals surface area (Å²) >= 11 is 0. The molecule has 1 aliphatic rings. The highest BCUT2D eigenvalue weighted by Crippen LogP contribution is 2.24. The third-order valence-electron chi connectivity index (χ3n) is 4.49. The molecule has 1 fully saturated rings. The summed E-state index contributed by atoms with van der Waals surface area (Å²) in [5.74, 6) is 0.693. The van der Waals surface area contributed by atoms with Gasteiger partial charge in [0.15, 0.2) is 6.10 Å². The van der Waals surface area contributed by atoms with Gasteiger partial charge in [-0.25, -0.2) is 0 Å². The zero-order chi connectivity index (χ0) is 18.3. The molecule has 0 aromatic heterocycles. The second kappa shape index (κ2) is 9.20. The molecule has 5 heteroatoms. The fourth-order valence-corrected chi connectivity index (χ4v) is 2.80. The lowest BCUT2D eigenvalue weighted by Gasteiger charge is -2.27. The fraction of sp³-hybridized carbons (Fsp3) is 0.650. The molecule has 1 aromatic rings. The monoisotopic (exact) mass is 348 g/mol. The van der Waals surface area contributed by atoms with Crippen LogP contribution in [0.15, 0.2) is 24.3 Å². The Bertz CT molecular complexity index is 531. The van der Waals surface area contributed by atoms with Gasteiger partial charge in [0.05, 0.1) is 13.2 Å². The fourth-order valence-electron chi connectivity index (χ4n) is 2.80. The lowest BCUT2D eigenvalue weighted by molar-refractivity contribution is -0.128. The van der Waals surface area contributed by atoms with Crippen molar-refractivity contribution in [3.63, 3.8) is 0 Å². The Morgan fingerprint density at radius 2 is 1.88 bits per heavy atom. The molecule has 1 amide bonds. The van der Waals surface area contributed by atoms with Crippen LogP contribution in [-0.4, -0.2) is 56.3 Å². The third kappa shape index (κ3) is 6.33. The van der Waals surface area contributed by atoms with Crippen molar-refractivity contribution in [1.82, 2.24) is 10.2 Å². The number of hydrogen-bond acceptors (Lipinski definition) is 4. The van der Waals surface area contributed by atoms with Crippen molar-refractivity contribution in [2.75, 3.05) is 39.4 Å². The first-order valence-electron chi connectivity index (χ1n) is 9.25. The van der Waals surface area contributed by atoms with Crippen LogP contribution in [0.4, 0.5) is 0 Å². The van der Waals surface area contributed by atoms with Gasteiger partial charge in [-0.3, -0.25) is 9.69 Å². The first-order chi connectivity index (χ1) is 11.9. The van der Waals surface area contributed by atoms with E-state index in [1.807, 2.05) is 19.1 Å². The minimum absolute atomic E-state index is 0.0457. The molecule has 1 saturated heterocycles. The maximum Gasteiger partial charge on any atom is 0.261 e. The van der Waals surface area contributed by atoms with Gasteiger partial charge < -0.3 is 14.8 Å². The first kappa shape index (κ1) is 19.7. The van der Waals surface area contributed by atoms with E-state index < -0.39 is 6.10 Å². The highest BCUT2D eigenvalue weighted by Gasteiger charge is 2.19. The van der Waals surface area contributed by atoms with Gasteiger partial charge in [-0.15, -0.1) is 0 Å². The van der Waals surface area contributed by atoms with Crippen LogP contribution in [0, 0.1) is 0 Å². The van der Waals surface area contributed by atoms with Crippen LogP contribution in [0.3, 0.4) is 0 Å². The minimum Gasteiger partial charge on any atom is -0.481 e. The lowest BCUT2D eigenvalue weighted by Crippen LogP contribution is -2.44. The number of benzene rings is 1. The SMILES string of the molecule is CC[C@@H](Oc1ccc(C(C)(C)C)cc1)C(=O)NCCN1CCOCC1. The van der Waals surface area contributed by atoms with Crippen LogP contribution in [0.5, 0.6) is 5.75 Å². The zero-order valence-electron chi connectivity index (χ0n) is 16.0. The number of ether oxygens (including phenoxy) is 2. The van der Waals surface area contributed by atoms with Crippen LogP contribution in [0.1, 0.15) is 39.7 Å². The van der Waals surface area contributed by atoms with Crippen molar-refractivity contribution in [3.05, 3.63) is 29.8 Å². The minimum atomic E-state index is -0.454. The Kier molecular flexibility index (Phi) is 7.26. The molecular weight excluding hydrogens is 316 g/mol. The van der Waals surface area contributed by atoms with Crippen molar-refractivity contribution < 1.29 is 14.3 Å². The van der Waals surface area contributed by atoms with E-state index in [0.29, 0.717) is 13.0 Å². The summed E-state index contributed by atoms with van der Waals surface area (Å²) in [5, 5.41) is 2.99. The molecule has 2 rings (SSSR count). The van der Waals surface area contributed by atoms with Gasteiger partial charge in [-0.2, -0.15) is 0 Å². The smallest absolute Gasteiger partial charge is 0.261 e. The molecular formula is C20H32N2O3. The first-order valence-corrected chi connectivity index (χ1v) is 9.25. The summed E-state index contributed by atoms with van der Waals surface area (Å²) in [6, 6.07) is 8.03. The van der Waals surface area contributed by atoms with Crippen molar-refractivity contribution in [2.45, 2.75) is 45.6 Å². The second-order valence-corrected chi connectivity index (χ2v) is 7.53. The Hall–Kier alpha value is -1.59. The predicted octanol–water partition coefficient (Wildman–Crippen LogP) is 2.59. The molecule has 0 spiro atoms. The molecule has 1 N–H and O–H groups in total. The van der Waals surface area contributed by atoms with Crippen LogP contribution in [0.2, 0.25) is 0 Å². The molecule has 1 aromatic carbocycles. The number of morpholine rings is 1. The highest BCUT2D eigenvalue weighted by molar-refractivity contribution is 5.81. The van der Waals surface area contributed by atoms with E-state index in [1.54, 1.807) is 0 Å². The maximum atomic E-state index is 12.4. The largest absolute Gasteiger partial charge is 0.481 e. The molecule has 140 valence electrons. The summed E-state index contributed by atoms with van der Waals surface area (Å²) in [6.07, 6.45) is 0.190. The van der Waals surface area contributed by atoms with Gasteiger partial charge in [0, 0.05) is 26.2 Å². The Balaban J connectivity index is 1.80. The van der Waals surface area contributed by atoms with Gasteiger partial charge in [-0.1, -0.05) is 39.8 Å².